The second-order valence-corrected chi connectivity index (χ2v) is 6.61. The second kappa shape index (κ2) is 5.40. The molecule has 1 aromatic rings. The minimum absolute atomic E-state index is 0.605. The van der Waals surface area contributed by atoms with Crippen LogP contribution in [-0.4, -0.2) is 29.5 Å². The van der Waals surface area contributed by atoms with Gasteiger partial charge in [0.15, 0.2) is 0 Å². The van der Waals surface area contributed by atoms with Crippen LogP contribution in [0.1, 0.15) is 62.6 Å². The monoisotopic (exact) mass is 275 g/mol. The molecule has 20 heavy (non-hydrogen) atoms. The van der Waals surface area contributed by atoms with Crippen molar-refractivity contribution in [2.45, 2.75) is 56.9 Å². The zero-order valence-electron chi connectivity index (χ0n) is 12.2. The lowest BCUT2D eigenvalue weighted by molar-refractivity contribution is 0.0842. The van der Waals surface area contributed by atoms with E-state index in [1.807, 2.05) is 0 Å². The van der Waals surface area contributed by atoms with E-state index in [2.05, 4.69) is 16.1 Å². The van der Waals surface area contributed by atoms with Crippen LogP contribution in [0, 0.1) is 5.92 Å². The molecule has 110 valence electrons. The van der Waals surface area contributed by atoms with Crippen LogP contribution in [0.2, 0.25) is 0 Å². The van der Waals surface area contributed by atoms with Crippen molar-refractivity contribution in [1.29, 1.82) is 0 Å². The highest BCUT2D eigenvalue weighted by Gasteiger charge is 2.32. The quantitative estimate of drug-likeness (QED) is 0.900. The molecule has 1 N–H and O–H groups in total. The number of fused-ring (bicyclic) bond motifs is 1. The maximum atomic E-state index is 5.48. The first-order valence-corrected chi connectivity index (χ1v) is 8.33. The molecular formula is C16H25N3O. The normalized spacial score (nSPS) is 28.3. The number of nitrogens with zero attached hydrogens (tertiary/aromatic N) is 2. The van der Waals surface area contributed by atoms with E-state index in [1.54, 1.807) is 0 Å². The van der Waals surface area contributed by atoms with Crippen molar-refractivity contribution in [3.8, 4) is 0 Å². The molecule has 1 saturated heterocycles. The summed E-state index contributed by atoms with van der Waals surface area (Å²) in [6.45, 7) is 2.90. The van der Waals surface area contributed by atoms with E-state index in [0.29, 0.717) is 12.0 Å². The summed E-state index contributed by atoms with van der Waals surface area (Å²) in [5.74, 6) is 2.72. The molecule has 2 fully saturated rings. The number of nitrogens with one attached hydrogen (secondary N) is 1. The van der Waals surface area contributed by atoms with Crippen molar-refractivity contribution in [2.75, 3.05) is 25.1 Å². The van der Waals surface area contributed by atoms with Crippen LogP contribution in [0.4, 0.5) is 5.82 Å². The zero-order chi connectivity index (χ0) is 13.4. The van der Waals surface area contributed by atoms with Gasteiger partial charge in [-0.05, 0) is 38.0 Å². The standard InChI is InChI=1S/C16H25N3O/c1-2-4-13(3-1)15-5-8-17-16-11-14(18-19(15)16)12-6-9-20-10-7-12/h11-13,15,17H,1-10H2. The molecule has 1 aromatic heterocycles. The predicted octanol–water partition coefficient (Wildman–Crippen LogP) is 3.32. The molecule has 1 unspecified atom stereocenters. The average molecular weight is 275 g/mol. The Labute approximate surface area is 120 Å². The Morgan fingerprint density at radius 3 is 2.70 bits per heavy atom. The fourth-order valence-electron chi connectivity index (χ4n) is 4.24. The molecule has 1 saturated carbocycles. The summed E-state index contributed by atoms with van der Waals surface area (Å²) in [6, 6.07) is 2.94. The first kappa shape index (κ1) is 12.7. The Balaban J connectivity index is 1.59. The van der Waals surface area contributed by atoms with Gasteiger partial charge in [0.2, 0.25) is 0 Å². The Kier molecular flexibility index (Phi) is 3.42. The highest BCUT2D eigenvalue weighted by molar-refractivity contribution is 5.40. The summed E-state index contributed by atoms with van der Waals surface area (Å²) in [5, 5.41) is 8.54. The van der Waals surface area contributed by atoms with E-state index in [-0.39, 0.29) is 0 Å². The summed E-state index contributed by atoms with van der Waals surface area (Å²) < 4.78 is 7.80. The Bertz CT molecular complexity index is 458. The lowest BCUT2D eigenvalue weighted by Crippen LogP contribution is -2.28. The van der Waals surface area contributed by atoms with Crippen LogP contribution >= 0.6 is 0 Å². The zero-order valence-corrected chi connectivity index (χ0v) is 12.2. The van der Waals surface area contributed by atoms with E-state index in [1.165, 1.54) is 43.6 Å². The van der Waals surface area contributed by atoms with Gasteiger partial charge in [-0.15, -0.1) is 0 Å². The van der Waals surface area contributed by atoms with Gasteiger partial charge in [0.1, 0.15) is 5.82 Å². The average Bonchev–Trinajstić information content (AvgIpc) is 3.17. The molecule has 0 bridgehead atoms. The summed E-state index contributed by atoms with van der Waals surface area (Å²) in [4.78, 5) is 0. The third kappa shape index (κ3) is 2.24. The van der Waals surface area contributed by atoms with Crippen LogP contribution in [-0.2, 0) is 4.74 Å². The largest absolute Gasteiger partial charge is 0.381 e. The van der Waals surface area contributed by atoms with Crippen molar-refractivity contribution in [1.82, 2.24) is 9.78 Å². The molecule has 0 amide bonds. The molecule has 3 aliphatic rings. The summed E-state index contributed by atoms with van der Waals surface area (Å²) >= 11 is 0. The number of aromatic nitrogens is 2. The molecule has 4 nitrogen and oxygen atoms in total. The van der Waals surface area contributed by atoms with Crippen LogP contribution in [0.25, 0.3) is 0 Å². The van der Waals surface area contributed by atoms with Gasteiger partial charge in [-0.2, -0.15) is 5.10 Å². The van der Waals surface area contributed by atoms with Crippen LogP contribution in [0.5, 0.6) is 0 Å². The highest BCUT2D eigenvalue weighted by atomic mass is 16.5. The van der Waals surface area contributed by atoms with Crippen molar-refractivity contribution in [3.05, 3.63) is 11.8 Å². The lowest BCUT2D eigenvalue weighted by Gasteiger charge is -2.30. The van der Waals surface area contributed by atoms with Gasteiger partial charge in [-0.25, -0.2) is 4.68 Å². The van der Waals surface area contributed by atoms with Gasteiger partial charge in [-0.3, -0.25) is 0 Å². The van der Waals surface area contributed by atoms with Gasteiger partial charge in [0.05, 0.1) is 11.7 Å². The third-order valence-corrected chi connectivity index (χ3v) is 5.40. The number of hydrogen-bond acceptors (Lipinski definition) is 3. The second-order valence-electron chi connectivity index (χ2n) is 6.61. The molecule has 0 spiro atoms. The topological polar surface area (TPSA) is 39.1 Å². The molecule has 1 aliphatic carbocycles. The van der Waals surface area contributed by atoms with Crippen molar-refractivity contribution < 1.29 is 4.74 Å². The third-order valence-electron chi connectivity index (χ3n) is 5.40. The molecule has 3 heterocycles. The van der Waals surface area contributed by atoms with Gasteiger partial charge in [-0.1, -0.05) is 12.8 Å². The predicted molar refractivity (Wildman–Crippen MR) is 79.1 cm³/mol. The van der Waals surface area contributed by atoms with E-state index in [4.69, 9.17) is 9.84 Å². The van der Waals surface area contributed by atoms with Gasteiger partial charge >= 0.3 is 0 Å². The maximum Gasteiger partial charge on any atom is 0.124 e. The molecular weight excluding hydrogens is 250 g/mol. The van der Waals surface area contributed by atoms with Crippen LogP contribution in [0.15, 0.2) is 6.07 Å². The number of hydrogen-bond donors (Lipinski definition) is 1. The molecule has 2 aliphatic heterocycles. The molecule has 4 rings (SSSR count). The van der Waals surface area contributed by atoms with E-state index in [9.17, 15) is 0 Å². The fourth-order valence-corrected chi connectivity index (χ4v) is 4.24. The first-order chi connectivity index (χ1) is 9.92. The number of rotatable bonds is 2. The van der Waals surface area contributed by atoms with Crippen molar-refractivity contribution >= 4 is 5.82 Å². The Morgan fingerprint density at radius 2 is 1.90 bits per heavy atom. The lowest BCUT2D eigenvalue weighted by atomic mass is 9.94. The summed E-state index contributed by atoms with van der Waals surface area (Å²) in [5.41, 5.74) is 1.29. The highest BCUT2D eigenvalue weighted by Crippen LogP contribution is 2.40. The van der Waals surface area contributed by atoms with Crippen molar-refractivity contribution in [2.24, 2.45) is 5.92 Å². The number of ether oxygens (including phenoxy) is 1. The van der Waals surface area contributed by atoms with E-state index >= 15 is 0 Å². The maximum absolute atomic E-state index is 5.48. The molecule has 0 aromatic carbocycles. The van der Waals surface area contributed by atoms with E-state index < -0.39 is 0 Å². The smallest absolute Gasteiger partial charge is 0.124 e. The number of anilines is 1. The SMILES string of the molecule is c1c(C2CCOCC2)nn2c1NCCC2C1CCCC1. The van der Waals surface area contributed by atoms with Crippen LogP contribution in [0.3, 0.4) is 0 Å². The minimum Gasteiger partial charge on any atom is -0.381 e. The Morgan fingerprint density at radius 1 is 1.10 bits per heavy atom. The Hall–Kier alpha value is -1.03. The molecule has 1 atom stereocenters. The summed E-state index contributed by atoms with van der Waals surface area (Å²) in [7, 11) is 0. The van der Waals surface area contributed by atoms with Gasteiger partial charge < -0.3 is 10.1 Å². The molecule has 0 radical (unpaired) electrons. The van der Waals surface area contributed by atoms with Crippen LogP contribution < -0.4 is 5.32 Å². The first-order valence-electron chi connectivity index (χ1n) is 8.33. The molecule has 4 heteroatoms. The van der Waals surface area contributed by atoms with Gasteiger partial charge in [0, 0.05) is 31.7 Å². The fraction of sp³-hybridized carbons (Fsp3) is 0.812. The summed E-state index contributed by atoms with van der Waals surface area (Å²) in [6.07, 6.45) is 9.13. The van der Waals surface area contributed by atoms with Crippen molar-refractivity contribution in [3.63, 3.8) is 0 Å². The van der Waals surface area contributed by atoms with E-state index in [0.717, 1.165) is 38.5 Å². The van der Waals surface area contributed by atoms with Gasteiger partial charge in [0.25, 0.3) is 0 Å². The minimum atomic E-state index is 0.605.